The van der Waals surface area contributed by atoms with Gasteiger partial charge in [0.25, 0.3) is 5.91 Å². The van der Waals surface area contributed by atoms with Gasteiger partial charge in [-0.25, -0.2) is 0 Å². The fourth-order valence-corrected chi connectivity index (χ4v) is 4.89. The number of likely N-dealkylation sites (tertiary alicyclic amines) is 2. The lowest BCUT2D eigenvalue weighted by atomic mass is 9.89. The molecular weight excluding hydrogens is 404 g/mol. The number of aryl methyl sites for hydroxylation is 1. The first-order valence-corrected chi connectivity index (χ1v) is 12.0. The predicted octanol–water partition coefficient (Wildman–Crippen LogP) is 4.40. The van der Waals surface area contributed by atoms with Gasteiger partial charge in [-0.15, -0.1) is 0 Å². The number of furan rings is 1. The van der Waals surface area contributed by atoms with E-state index in [2.05, 4.69) is 17.0 Å². The molecular formula is C26H34N2O4. The molecule has 0 atom stereocenters. The summed E-state index contributed by atoms with van der Waals surface area (Å²) in [6.45, 7) is 5.69. The van der Waals surface area contributed by atoms with Gasteiger partial charge in [0.1, 0.15) is 12.0 Å². The van der Waals surface area contributed by atoms with E-state index in [1.165, 1.54) is 24.5 Å². The summed E-state index contributed by atoms with van der Waals surface area (Å²) < 4.78 is 10.5. The van der Waals surface area contributed by atoms with Crippen LogP contribution >= 0.6 is 0 Å². The molecule has 0 unspecified atom stereocenters. The molecule has 1 aromatic carbocycles. The van der Waals surface area contributed by atoms with Crippen LogP contribution in [0.3, 0.4) is 0 Å². The van der Waals surface area contributed by atoms with E-state index in [1.54, 1.807) is 6.07 Å². The first-order valence-electron chi connectivity index (χ1n) is 12.0. The van der Waals surface area contributed by atoms with Crippen molar-refractivity contribution in [2.45, 2.75) is 45.4 Å². The van der Waals surface area contributed by atoms with E-state index in [1.807, 2.05) is 24.0 Å². The summed E-state index contributed by atoms with van der Waals surface area (Å²) >= 11 is 0. The molecule has 6 heteroatoms. The Morgan fingerprint density at radius 1 is 0.969 bits per heavy atom. The Morgan fingerprint density at radius 3 is 2.28 bits per heavy atom. The van der Waals surface area contributed by atoms with Crippen molar-refractivity contribution in [3.8, 4) is 5.75 Å². The highest BCUT2D eigenvalue weighted by Crippen LogP contribution is 2.27. The van der Waals surface area contributed by atoms with E-state index in [0.717, 1.165) is 50.9 Å². The Balaban J connectivity index is 1.17. The minimum atomic E-state index is -0.00186. The molecule has 0 N–H and O–H groups in total. The molecule has 2 aliphatic heterocycles. The van der Waals surface area contributed by atoms with Crippen LogP contribution in [0, 0.1) is 11.8 Å². The van der Waals surface area contributed by atoms with Crippen molar-refractivity contribution in [3.05, 3.63) is 54.0 Å². The van der Waals surface area contributed by atoms with Crippen LogP contribution < -0.4 is 4.74 Å². The second kappa shape index (κ2) is 10.7. The van der Waals surface area contributed by atoms with Gasteiger partial charge in [0.2, 0.25) is 5.91 Å². The molecule has 0 bridgehead atoms. The molecule has 2 fully saturated rings. The first kappa shape index (κ1) is 22.4. The van der Waals surface area contributed by atoms with Gasteiger partial charge in [0, 0.05) is 32.1 Å². The third-order valence-corrected chi connectivity index (χ3v) is 6.90. The monoisotopic (exact) mass is 438 g/mol. The molecule has 2 amide bonds. The number of ether oxygens (including phenoxy) is 1. The number of nitrogens with zero attached hydrogens (tertiary/aromatic N) is 2. The van der Waals surface area contributed by atoms with Crippen LogP contribution in [-0.2, 0) is 11.2 Å². The van der Waals surface area contributed by atoms with E-state index in [0.29, 0.717) is 31.2 Å². The van der Waals surface area contributed by atoms with Crippen molar-refractivity contribution in [2.24, 2.45) is 11.8 Å². The van der Waals surface area contributed by atoms with E-state index >= 15 is 0 Å². The topological polar surface area (TPSA) is 63.0 Å². The lowest BCUT2D eigenvalue weighted by Gasteiger charge is -2.37. The molecule has 0 aliphatic carbocycles. The molecule has 2 aliphatic rings. The molecule has 2 aromatic rings. The highest BCUT2D eigenvalue weighted by molar-refractivity contribution is 5.94. The Morgan fingerprint density at radius 2 is 1.66 bits per heavy atom. The van der Waals surface area contributed by atoms with E-state index < -0.39 is 0 Å². The van der Waals surface area contributed by atoms with E-state index in [9.17, 15) is 9.59 Å². The van der Waals surface area contributed by atoms with Crippen molar-refractivity contribution in [2.75, 3.05) is 32.8 Å². The van der Waals surface area contributed by atoms with Crippen LogP contribution in [-0.4, -0.2) is 54.4 Å². The summed E-state index contributed by atoms with van der Waals surface area (Å²) in [7, 11) is 0. The summed E-state index contributed by atoms with van der Waals surface area (Å²) in [6.07, 6.45) is 8.92. The van der Waals surface area contributed by atoms with Gasteiger partial charge in [-0.05, 0) is 75.1 Å². The summed E-state index contributed by atoms with van der Waals surface area (Å²) in [5.41, 5.74) is 1.94. The third kappa shape index (κ3) is 5.53. The van der Waals surface area contributed by atoms with Crippen LogP contribution in [0.1, 0.15) is 54.9 Å². The van der Waals surface area contributed by atoms with Crippen LogP contribution in [0.5, 0.6) is 5.75 Å². The fraction of sp³-hybridized carbons (Fsp3) is 0.538. The van der Waals surface area contributed by atoms with Crippen LogP contribution in [0.2, 0.25) is 0 Å². The predicted molar refractivity (Wildman–Crippen MR) is 123 cm³/mol. The highest BCUT2D eigenvalue weighted by atomic mass is 16.5. The smallest absolute Gasteiger partial charge is 0.257 e. The Kier molecular flexibility index (Phi) is 7.51. The van der Waals surface area contributed by atoms with E-state index in [4.69, 9.17) is 9.15 Å². The Bertz CT molecular complexity index is 862. The lowest BCUT2D eigenvalue weighted by molar-refractivity contribution is -0.138. The molecule has 4 rings (SSSR count). The van der Waals surface area contributed by atoms with Crippen molar-refractivity contribution >= 4 is 11.8 Å². The minimum Gasteiger partial charge on any atom is -0.494 e. The zero-order valence-corrected chi connectivity index (χ0v) is 19.0. The maximum atomic E-state index is 13.0. The molecule has 0 saturated carbocycles. The SMILES string of the molecule is CCOc1ccc(CCC2CCN(C(=O)C3CCN(C(=O)c4ccoc4)CC3)CC2)cc1. The van der Waals surface area contributed by atoms with Crippen LogP contribution in [0.25, 0.3) is 0 Å². The molecule has 32 heavy (non-hydrogen) atoms. The van der Waals surface area contributed by atoms with Gasteiger partial charge >= 0.3 is 0 Å². The number of benzene rings is 1. The quantitative estimate of drug-likeness (QED) is 0.643. The van der Waals surface area contributed by atoms with E-state index in [-0.39, 0.29) is 17.7 Å². The van der Waals surface area contributed by atoms with Crippen LogP contribution in [0.4, 0.5) is 0 Å². The van der Waals surface area contributed by atoms with Crippen molar-refractivity contribution in [1.82, 2.24) is 9.80 Å². The molecule has 172 valence electrons. The van der Waals surface area contributed by atoms with Crippen molar-refractivity contribution in [3.63, 3.8) is 0 Å². The normalized spacial score (nSPS) is 18.0. The van der Waals surface area contributed by atoms with Crippen molar-refractivity contribution in [1.29, 1.82) is 0 Å². The lowest BCUT2D eigenvalue weighted by Crippen LogP contribution is -2.46. The van der Waals surface area contributed by atoms with Gasteiger partial charge < -0.3 is 19.0 Å². The number of hydrogen-bond acceptors (Lipinski definition) is 4. The summed E-state index contributed by atoms with van der Waals surface area (Å²) in [6, 6.07) is 10.1. The largest absolute Gasteiger partial charge is 0.494 e. The second-order valence-corrected chi connectivity index (χ2v) is 8.96. The van der Waals surface area contributed by atoms with Gasteiger partial charge in [-0.3, -0.25) is 9.59 Å². The second-order valence-electron chi connectivity index (χ2n) is 8.96. The standard InChI is InChI=1S/C26H34N2O4/c1-2-32-24-7-5-20(6-8-24)3-4-21-9-14-27(15-10-21)25(29)22-11-16-28(17-12-22)26(30)23-13-18-31-19-23/h5-8,13,18-19,21-22H,2-4,9-12,14-17H2,1H3. The number of rotatable bonds is 7. The number of carbonyl (C=O) groups is 2. The summed E-state index contributed by atoms with van der Waals surface area (Å²) in [5, 5.41) is 0. The molecule has 1 aromatic heterocycles. The van der Waals surface area contributed by atoms with Gasteiger partial charge in [-0.2, -0.15) is 0 Å². The molecule has 0 spiro atoms. The maximum Gasteiger partial charge on any atom is 0.257 e. The number of piperidine rings is 2. The van der Waals surface area contributed by atoms with Gasteiger partial charge in [0.05, 0.1) is 18.4 Å². The Labute approximate surface area is 190 Å². The maximum absolute atomic E-state index is 13.0. The Hall–Kier alpha value is -2.76. The number of amides is 2. The van der Waals surface area contributed by atoms with Crippen molar-refractivity contribution < 1.29 is 18.7 Å². The average molecular weight is 439 g/mol. The molecule has 3 heterocycles. The molecule has 2 saturated heterocycles. The average Bonchev–Trinajstić information content (AvgIpc) is 3.38. The molecule has 0 radical (unpaired) electrons. The number of hydrogen-bond donors (Lipinski definition) is 0. The van der Waals surface area contributed by atoms with Gasteiger partial charge in [-0.1, -0.05) is 12.1 Å². The number of carbonyl (C=O) groups excluding carboxylic acids is 2. The zero-order chi connectivity index (χ0) is 22.3. The first-order chi connectivity index (χ1) is 15.6. The summed E-state index contributed by atoms with van der Waals surface area (Å²) in [4.78, 5) is 29.4. The van der Waals surface area contributed by atoms with Gasteiger partial charge in [0.15, 0.2) is 0 Å². The minimum absolute atomic E-state index is 0.00186. The molecule has 6 nitrogen and oxygen atoms in total. The zero-order valence-electron chi connectivity index (χ0n) is 19.0. The van der Waals surface area contributed by atoms with Crippen LogP contribution in [0.15, 0.2) is 47.3 Å². The fourth-order valence-electron chi connectivity index (χ4n) is 4.89. The summed E-state index contributed by atoms with van der Waals surface area (Å²) in [5.74, 6) is 1.94. The third-order valence-electron chi connectivity index (χ3n) is 6.90. The highest BCUT2D eigenvalue weighted by Gasteiger charge is 2.32.